The van der Waals surface area contributed by atoms with Gasteiger partial charge in [-0.05, 0) is 12.1 Å². The maximum absolute atomic E-state index is 9.36. The Morgan fingerprint density at radius 2 is 2.44 bits per heavy atom. The first-order chi connectivity index (χ1) is 7.83. The lowest BCUT2D eigenvalue weighted by Gasteiger charge is -2.10. The van der Waals surface area contributed by atoms with Crippen molar-refractivity contribution >= 4 is 11.8 Å². The van der Waals surface area contributed by atoms with Crippen LogP contribution in [0.1, 0.15) is 0 Å². The van der Waals surface area contributed by atoms with Crippen LogP contribution in [0.4, 0.5) is 0 Å². The molecule has 0 aliphatic carbocycles. The van der Waals surface area contributed by atoms with Crippen LogP contribution in [-0.4, -0.2) is 48.8 Å². The summed E-state index contributed by atoms with van der Waals surface area (Å²) in [5, 5.41) is 13.5. The molecule has 1 aromatic heterocycles. The number of hydrogen-bond acceptors (Lipinski definition) is 5. The molecule has 0 aromatic carbocycles. The van der Waals surface area contributed by atoms with E-state index in [0.717, 1.165) is 17.3 Å². The SMILES string of the molecule is COCC(O)CNCCSc1ccccn1. The van der Waals surface area contributed by atoms with E-state index >= 15 is 0 Å². The summed E-state index contributed by atoms with van der Waals surface area (Å²) in [6.45, 7) is 1.79. The van der Waals surface area contributed by atoms with Gasteiger partial charge in [0.2, 0.25) is 0 Å². The number of nitrogens with one attached hydrogen (secondary N) is 1. The lowest BCUT2D eigenvalue weighted by Crippen LogP contribution is -2.31. The number of aliphatic hydroxyl groups excluding tert-OH is 1. The van der Waals surface area contributed by atoms with Crippen molar-refractivity contribution in [2.45, 2.75) is 11.1 Å². The highest BCUT2D eigenvalue weighted by Gasteiger charge is 2.01. The van der Waals surface area contributed by atoms with Gasteiger partial charge < -0.3 is 15.2 Å². The molecule has 1 heterocycles. The summed E-state index contributed by atoms with van der Waals surface area (Å²) in [6.07, 6.45) is 1.36. The molecule has 90 valence electrons. The molecule has 4 nitrogen and oxygen atoms in total. The van der Waals surface area contributed by atoms with Crippen molar-refractivity contribution in [2.75, 3.05) is 32.6 Å². The molecule has 0 aliphatic heterocycles. The third-order valence-electron chi connectivity index (χ3n) is 1.91. The van der Waals surface area contributed by atoms with Gasteiger partial charge in [0.1, 0.15) is 0 Å². The fourth-order valence-corrected chi connectivity index (χ4v) is 1.95. The standard InChI is InChI=1S/C11H18N2O2S/c1-15-9-10(14)8-12-6-7-16-11-4-2-3-5-13-11/h2-5,10,12,14H,6-9H2,1H3. The Hall–Kier alpha value is -0.620. The highest BCUT2D eigenvalue weighted by Crippen LogP contribution is 2.12. The van der Waals surface area contributed by atoms with Gasteiger partial charge in [-0.15, -0.1) is 11.8 Å². The molecular formula is C11H18N2O2S. The van der Waals surface area contributed by atoms with E-state index in [0.29, 0.717) is 13.2 Å². The van der Waals surface area contributed by atoms with Gasteiger partial charge in [-0.25, -0.2) is 4.98 Å². The monoisotopic (exact) mass is 242 g/mol. The minimum atomic E-state index is -0.426. The fourth-order valence-electron chi connectivity index (χ4n) is 1.18. The number of aromatic nitrogens is 1. The van der Waals surface area contributed by atoms with Gasteiger partial charge in [-0.3, -0.25) is 0 Å². The van der Waals surface area contributed by atoms with Gasteiger partial charge in [0.05, 0.1) is 17.7 Å². The number of hydrogen-bond donors (Lipinski definition) is 2. The minimum Gasteiger partial charge on any atom is -0.389 e. The van der Waals surface area contributed by atoms with Crippen molar-refractivity contribution < 1.29 is 9.84 Å². The van der Waals surface area contributed by atoms with E-state index in [4.69, 9.17) is 4.74 Å². The van der Waals surface area contributed by atoms with Crippen molar-refractivity contribution in [3.63, 3.8) is 0 Å². The number of ether oxygens (including phenoxy) is 1. The van der Waals surface area contributed by atoms with Gasteiger partial charge in [-0.1, -0.05) is 6.07 Å². The van der Waals surface area contributed by atoms with Crippen molar-refractivity contribution in [1.82, 2.24) is 10.3 Å². The smallest absolute Gasteiger partial charge is 0.0960 e. The quantitative estimate of drug-likeness (QED) is 0.521. The van der Waals surface area contributed by atoms with Crippen LogP contribution < -0.4 is 5.32 Å². The Morgan fingerprint density at radius 3 is 3.12 bits per heavy atom. The zero-order valence-electron chi connectivity index (χ0n) is 9.43. The molecule has 1 unspecified atom stereocenters. The molecule has 0 fully saturated rings. The molecule has 1 aromatic rings. The zero-order valence-corrected chi connectivity index (χ0v) is 10.2. The molecule has 0 bridgehead atoms. The Kier molecular flexibility index (Phi) is 7.16. The second-order valence-corrected chi connectivity index (χ2v) is 4.44. The van der Waals surface area contributed by atoms with Gasteiger partial charge in [0, 0.05) is 32.1 Å². The number of rotatable bonds is 8. The average molecular weight is 242 g/mol. The molecule has 0 aliphatic rings. The number of thioether (sulfide) groups is 1. The number of methoxy groups -OCH3 is 1. The van der Waals surface area contributed by atoms with E-state index in [9.17, 15) is 5.11 Å². The molecular weight excluding hydrogens is 224 g/mol. The Morgan fingerprint density at radius 1 is 1.56 bits per heavy atom. The predicted molar refractivity (Wildman–Crippen MR) is 65.7 cm³/mol. The van der Waals surface area contributed by atoms with Gasteiger partial charge in [-0.2, -0.15) is 0 Å². The maximum Gasteiger partial charge on any atom is 0.0960 e. The molecule has 0 saturated carbocycles. The Balaban J connectivity index is 2.00. The molecule has 2 N–H and O–H groups in total. The van der Waals surface area contributed by atoms with E-state index in [-0.39, 0.29) is 0 Å². The average Bonchev–Trinajstić information content (AvgIpc) is 2.30. The summed E-state index contributed by atoms with van der Waals surface area (Å²) in [6, 6.07) is 5.87. The van der Waals surface area contributed by atoms with Crippen molar-refractivity contribution in [1.29, 1.82) is 0 Å². The van der Waals surface area contributed by atoms with E-state index in [1.165, 1.54) is 0 Å². The highest BCUT2D eigenvalue weighted by molar-refractivity contribution is 7.99. The Bertz CT molecular complexity index is 272. The van der Waals surface area contributed by atoms with Crippen LogP contribution in [0, 0.1) is 0 Å². The molecule has 5 heteroatoms. The third kappa shape index (κ3) is 6.07. The van der Waals surface area contributed by atoms with E-state index in [1.807, 2.05) is 18.2 Å². The number of pyridine rings is 1. The molecule has 0 radical (unpaired) electrons. The molecule has 1 rings (SSSR count). The zero-order chi connectivity index (χ0) is 11.6. The fraction of sp³-hybridized carbons (Fsp3) is 0.545. The van der Waals surface area contributed by atoms with Gasteiger partial charge >= 0.3 is 0 Å². The summed E-state index contributed by atoms with van der Waals surface area (Å²) >= 11 is 1.70. The topological polar surface area (TPSA) is 54.4 Å². The van der Waals surface area contributed by atoms with Crippen LogP contribution in [0.3, 0.4) is 0 Å². The van der Waals surface area contributed by atoms with E-state index < -0.39 is 6.10 Å². The number of aliphatic hydroxyl groups is 1. The summed E-state index contributed by atoms with van der Waals surface area (Å²) in [7, 11) is 1.58. The van der Waals surface area contributed by atoms with E-state index in [1.54, 1.807) is 25.1 Å². The van der Waals surface area contributed by atoms with Crippen molar-refractivity contribution in [2.24, 2.45) is 0 Å². The first-order valence-corrected chi connectivity index (χ1v) is 6.23. The molecule has 0 amide bonds. The van der Waals surface area contributed by atoms with Crippen LogP contribution in [0.15, 0.2) is 29.4 Å². The van der Waals surface area contributed by atoms with Crippen LogP contribution in [-0.2, 0) is 4.74 Å². The van der Waals surface area contributed by atoms with E-state index in [2.05, 4.69) is 10.3 Å². The van der Waals surface area contributed by atoms with Crippen LogP contribution in [0.25, 0.3) is 0 Å². The molecule has 16 heavy (non-hydrogen) atoms. The first-order valence-electron chi connectivity index (χ1n) is 5.24. The second-order valence-electron chi connectivity index (χ2n) is 3.33. The molecule has 0 spiro atoms. The minimum absolute atomic E-state index is 0.375. The summed E-state index contributed by atoms with van der Waals surface area (Å²) in [4.78, 5) is 4.21. The van der Waals surface area contributed by atoms with Crippen LogP contribution >= 0.6 is 11.8 Å². The summed E-state index contributed by atoms with van der Waals surface area (Å²) in [5.41, 5.74) is 0. The Labute approximate surface area is 100 Å². The largest absolute Gasteiger partial charge is 0.389 e. The van der Waals surface area contributed by atoms with Crippen molar-refractivity contribution in [3.05, 3.63) is 24.4 Å². The maximum atomic E-state index is 9.36. The summed E-state index contributed by atoms with van der Waals surface area (Å²) < 4.78 is 4.82. The van der Waals surface area contributed by atoms with Gasteiger partial charge in [0.25, 0.3) is 0 Å². The normalized spacial score (nSPS) is 12.6. The second kappa shape index (κ2) is 8.52. The summed E-state index contributed by atoms with van der Waals surface area (Å²) in [5.74, 6) is 0.941. The number of nitrogens with zero attached hydrogens (tertiary/aromatic N) is 1. The molecule has 0 saturated heterocycles. The molecule has 1 atom stereocenters. The third-order valence-corrected chi connectivity index (χ3v) is 2.85. The first kappa shape index (κ1) is 13.4. The highest BCUT2D eigenvalue weighted by atomic mass is 32.2. The van der Waals surface area contributed by atoms with Crippen LogP contribution in [0.5, 0.6) is 0 Å². The van der Waals surface area contributed by atoms with Gasteiger partial charge in [0.15, 0.2) is 0 Å². The van der Waals surface area contributed by atoms with Crippen molar-refractivity contribution in [3.8, 4) is 0 Å². The predicted octanol–water partition coefficient (Wildman–Crippen LogP) is 0.771. The lowest BCUT2D eigenvalue weighted by molar-refractivity contribution is 0.0650. The van der Waals surface area contributed by atoms with Crippen LogP contribution in [0.2, 0.25) is 0 Å². The lowest BCUT2D eigenvalue weighted by atomic mass is 10.4.